The average molecular weight is 215 g/mol. The Labute approximate surface area is 88.5 Å². The van der Waals surface area contributed by atoms with Gasteiger partial charge in [0.25, 0.3) is 0 Å². The summed E-state index contributed by atoms with van der Waals surface area (Å²) >= 11 is 1.78. The summed E-state index contributed by atoms with van der Waals surface area (Å²) in [7, 11) is 0. The third-order valence-electron chi connectivity index (χ3n) is 2.16. The van der Waals surface area contributed by atoms with Gasteiger partial charge in [-0.25, -0.2) is 4.98 Å². The highest BCUT2D eigenvalue weighted by Crippen LogP contribution is 2.17. The average Bonchev–Trinajstić information content (AvgIpc) is 2.65. The number of nitrogens with zero attached hydrogens (tertiary/aromatic N) is 2. The Balaban J connectivity index is 2.81. The van der Waals surface area contributed by atoms with Crippen molar-refractivity contribution in [2.45, 2.75) is 19.0 Å². The van der Waals surface area contributed by atoms with Crippen molar-refractivity contribution in [3.63, 3.8) is 0 Å². The lowest BCUT2D eigenvalue weighted by Crippen LogP contribution is -2.21. The molecule has 0 bridgehead atoms. The standard InChI is InChI=1S/C9H17N3OS/c1-7(5-14-2)12-6-11-3-9(12)8(10)4-13/h3,6-8,13H,4-5,10H2,1-2H3. The molecule has 0 aliphatic rings. The van der Waals surface area contributed by atoms with Crippen molar-refractivity contribution in [2.75, 3.05) is 18.6 Å². The fraction of sp³-hybridized carbons (Fsp3) is 0.667. The second-order valence-corrected chi connectivity index (χ2v) is 4.23. The number of nitrogens with two attached hydrogens (primary N) is 1. The molecule has 80 valence electrons. The van der Waals surface area contributed by atoms with Gasteiger partial charge in [0.15, 0.2) is 0 Å². The maximum absolute atomic E-state index is 8.97. The summed E-state index contributed by atoms with van der Waals surface area (Å²) in [4.78, 5) is 4.06. The molecular weight excluding hydrogens is 198 g/mol. The molecule has 4 nitrogen and oxygen atoms in total. The van der Waals surface area contributed by atoms with Gasteiger partial charge in [-0.2, -0.15) is 11.8 Å². The van der Waals surface area contributed by atoms with E-state index < -0.39 is 0 Å². The summed E-state index contributed by atoms with van der Waals surface area (Å²) < 4.78 is 2.03. The van der Waals surface area contributed by atoms with Crippen molar-refractivity contribution >= 4 is 11.8 Å². The summed E-state index contributed by atoms with van der Waals surface area (Å²) in [5.74, 6) is 1.02. The van der Waals surface area contributed by atoms with E-state index in [1.165, 1.54) is 0 Å². The zero-order valence-electron chi connectivity index (χ0n) is 8.55. The van der Waals surface area contributed by atoms with Crippen molar-refractivity contribution < 1.29 is 5.11 Å². The van der Waals surface area contributed by atoms with Crippen LogP contribution in [0.1, 0.15) is 24.7 Å². The molecular formula is C9H17N3OS. The maximum atomic E-state index is 8.97. The summed E-state index contributed by atoms with van der Waals surface area (Å²) in [6, 6.07) is 0.0295. The van der Waals surface area contributed by atoms with Gasteiger partial charge in [0.05, 0.1) is 24.7 Å². The minimum absolute atomic E-state index is 0.0440. The summed E-state index contributed by atoms with van der Waals surface area (Å²) in [6.07, 6.45) is 5.56. The van der Waals surface area contributed by atoms with E-state index in [0.29, 0.717) is 6.04 Å². The molecule has 1 heterocycles. The summed E-state index contributed by atoms with van der Waals surface area (Å²) in [6.45, 7) is 2.07. The van der Waals surface area contributed by atoms with Crippen LogP contribution in [0.5, 0.6) is 0 Å². The predicted molar refractivity (Wildman–Crippen MR) is 59.3 cm³/mol. The van der Waals surface area contributed by atoms with Crippen LogP contribution in [0.25, 0.3) is 0 Å². The Bertz CT molecular complexity index is 277. The van der Waals surface area contributed by atoms with E-state index in [4.69, 9.17) is 10.8 Å². The number of imidazole rings is 1. The van der Waals surface area contributed by atoms with Crippen LogP contribution in [-0.4, -0.2) is 33.3 Å². The van der Waals surface area contributed by atoms with Crippen molar-refractivity contribution in [3.8, 4) is 0 Å². The predicted octanol–water partition coefficient (Wildman–Crippen LogP) is 0.799. The van der Waals surface area contributed by atoms with E-state index in [0.717, 1.165) is 11.4 Å². The highest BCUT2D eigenvalue weighted by Gasteiger charge is 2.13. The number of hydrogen-bond donors (Lipinski definition) is 2. The lowest BCUT2D eigenvalue weighted by Gasteiger charge is -2.18. The van der Waals surface area contributed by atoms with E-state index in [1.54, 1.807) is 24.3 Å². The van der Waals surface area contributed by atoms with Crippen LogP contribution in [0.15, 0.2) is 12.5 Å². The zero-order chi connectivity index (χ0) is 10.6. The molecule has 0 amide bonds. The van der Waals surface area contributed by atoms with Gasteiger partial charge in [-0.3, -0.25) is 0 Å². The summed E-state index contributed by atoms with van der Waals surface area (Å²) in [5.41, 5.74) is 6.65. The van der Waals surface area contributed by atoms with Gasteiger partial charge in [0.2, 0.25) is 0 Å². The van der Waals surface area contributed by atoms with Crippen LogP contribution in [0.3, 0.4) is 0 Å². The second kappa shape index (κ2) is 5.38. The molecule has 0 fully saturated rings. The molecule has 0 saturated carbocycles. The van der Waals surface area contributed by atoms with Crippen LogP contribution in [0.4, 0.5) is 0 Å². The minimum atomic E-state index is -0.332. The molecule has 0 saturated heterocycles. The highest BCUT2D eigenvalue weighted by atomic mass is 32.2. The van der Waals surface area contributed by atoms with Crippen molar-refractivity contribution in [3.05, 3.63) is 18.2 Å². The number of hydrogen-bond acceptors (Lipinski definition) is 4. The molecule has 2 unspecified atom stereocenters. The molecule has 1 aromatic rings. The van der Waals surface area contributed by atoms with Gasteiger partial charge in [0.1, 0.15) is 0 Å². The van der Waals surface area contributed by atoms with E-state index in [2.05, 4.69) is 18.2 Å². The smallest absolute Gasteiger partial charge is 0.0951 e. The number of rotatable bonds is 5. The Morgan fingerprint density at radius 2 is 2.43 bits per heavy atom. The molecule has 3 N–H and O–H groups in total. The molecule has 2 atom stereocenters. The van der Waals surface area contributed by atoms with Gasteiger partial charge in [0, 0.05) is 18.0 Å². The van der Waals surface area contributed by atoms with Crippen LogP contribution in [-0.2, 0) is 0 Å². The monoisotopic (exact) mass is 215 g/mol. The molecule has 0 aliphatic heterocycles. The first-order valence-corrected chi connectivity index (χ1v) is 5.97. The normalized spacial score (nSPS) is 15.4. The van der Waals surface area contributed by atoms with Crippen LogP contribution in [0, 0.1) is 0 Å². The van der Waals surface area contributed by atoms with E-state index in [-0.39, 0.29) is 12.6 Å². The van der Waals surface area contributed by atoms with Gasteiger partial charge in [-0.1, -0.05) is 0 Å². The number of thioether (sulfide) groups is 1. The molecule has 0 radical (unpaired) electrons. The molecule has 1 aromatic heterocycles. The zero-order valence-corrected chi connectivity index (χ0v) is 9.37. The van der Waals surface area contributed by atoms with Gasteiger partial charge in [-0.15, -0.1) is 0 Å². The van der Waals surface area contributed by atoms with E-state index in [9.17, 15) is 0 Å². The SMILES string of the molecule is CSCC(C)n1cncc1C(N)CO. The number of aliphatic hydroxyl groups excluding tert-OH is 1. The third-order valence-corrected chi connectivity index (χ3v) is 2.97. The first-order chi connectivity index (χ1) is 6.70. The van der Waals surface area contributed by atoms with Crippen LogP contribution in [0.2, 0.25) is 0 Å². The highest BCUT2D eigenvalue weighted by molar-refractivity contribution is 7.98. The Morgan fingerprint density at radius 1 is 1.71 bits per heavy atom. The quantitative estimate of drug-likeness (QED) is 0.762. The molecule has 14 heavy (non-hydrogen) atoms. The van der Waals surface area contributed by atoms with Gasteiger partial charge in [-0.05, 0) is 13.2 Å². The molecule has 1 rings (SSSR count). The van der Waals surface area contributed by atoms with Crippen molar-refractivity contribution in [2.24, 2.45) is 5.73 Å². The first-order valence-electron chi connectivity index (χ1n) is 4.57. The van der Waals surface area contributed by atoms with Crippen LogP contribution < -0.4 is 5.73 Å². The van der Waals surface area contributed by atoms with Gasteiger partial charge < -0.3 is 15.4 Å². The molecule has 5 heteroatoms. The maximum Gasteiger partial charge on any atom is 0.0951 e. The van der Waals surface area contributed by atoms with Crippen molar-refractivity contribution in [1.29, 1.82) is 0 Å². The third kappa shape index (κ3) is 2.50. The number of aromatic nitrogens is 2. The second-order valence-electron chi connectivity index (χ2n) is 3.32. The fourth-order valence-electron chi connectivity index (χ4n) is 1.39. The lowest BCUT2D eigenvalue weighted by atomic mass is 10.2. The molecule has 0 aliphatic carbocycles. The van der Waals surface area contributed by atoms with Gasteiger partial charge >= 0.3 is 0 Å². The topological polar surface area (TPSA) is 64.1 Å². The van der Waals surface area contributed by atoms with Crippen LogP contribution >= 0.6 is 11.8 Å². The first kappa shape index (κ1) is 11.6. The molecule has 0 spiro atoms. The summed E-state index contributed by atoms with van der Waals surface area (Å²) in [5, 5.41) is 8.97. The fourth-order valence-corrected chi connectivity index (χ4v) is 2.03. The molecule has 0 aromatic carbocycles. The lowest BCUT2D eigenvalue weighted by molar-refractivity contribution is 0.262. The van der Waals surface area contributed by atoms with E-state index in [1.807, 2.05) is 4.57 Å². The Hall–Kier alpha value is -0.520. The Kier molecular flexibility index (Phi) is 4.44. The number of aliphatic hydroxyl groups is 1. The minimum Gasteiger partial charge on any atom is -0.394 e. The largest absolute Gasteiger partial charge is 0.394 e. The van der Waals surface area contributed by atoms with Crippen molar-refractivity contribution in [1.82, 2.24) is 9.55 Å². The Morgan fingerprint density at radius 3 is 3.00 bits per heavy atom. The van der Waals surface area contributed by atoms with E-state index >= 15 is 0 Å².